The maximum Gasteiger partial charge on any atom is 0.238 e. The van der Waals surface area contributed by atoms with Gasteiger partial charge in [-0.2, -0.15) is 0 Å². The van der Waals surface area contributed by atoms with E-state index < -0.39 is 37.3 Å². The molecule has 4 rings (SSSR count). The average Bonchev–Trinajstić information content (AvgIpc) is 3.40. The van der Waals surface area contributed by atoms with E-state index in [0.29, 0.717) is 44.2 Å². The first kappa shape index (κ1) is 33.9. The monoisotopic (exact) mass is 621 g/mol. The Kier molecular flexibility index (Phi) is 12.6. The third kappa shape index (κ3) is 9.05. The highest BCUT2D eigenvalue weighted by atomic mass is 16.7. The van der Waals surface area contributed by atoms with Gasteiger partial charge in [0.1, 0.15) is 42.0 Å². The number of aliphatic hydroxyl groups excluding tert-OH is 4. The maximum atomic E-state index is 10.9. The van der Waals surface area contributed by atoms with Gasteiger partial charge >= 0.3 is 0 Å². The molecule has 7 N–H and O–H groups in total. The summed E-state index contributed by atoms with van der Waals surface area (Å²) in [5.41, 5.74) is 7.62. The van der Waals surface area contributed by atoms with Gasteiger partial charge < -0.3 is 49.8 Å². The molecule has 0 saturated carbocycles. The van der Waals surface area contributed by atoms with Crippen molar-refractivity contribution in [2.45, 2.75) is 108 Å². The lowest BCUT2D eigenvalue weighted by atomic mass is 9.98. The Morgan fingerprint density at radius 3 is 2.52 bits per heavy atom. The summed E-state index contributed by atoms with van der Waals surface area (Å²) in [7, 11) is 0. The Balaban J connectivity index is 1.52. The molecule has 246 valence electrons. The van der Waals surface area contributed by atoms with Crippen LogP contribution in [0.5, 0.6) is 17.4 Å². The Bertz CT molecular complexity index is 1180. The Labute approximate surface area is 257 Å². The van der Waals surface area contributed by atoms with E-state index in [-0.39, 0.29) is 23.8 Å². The van der Waals surface area contributed by atoms with Crippen molar-refractivity contribution in [1.29, 1.82) is 0 Å². The van der Waals surface area contributed by atoms with E-state index in [1.54, 1.807) is 0 Å². The van der Waals surface area contributed by atoms with Crippen LogP contribution in [0.1, 0.15) is 81.5 Å². The molecule has 13 nitrogen and oxygen atoms in total. The number of carbonyl (C=O) groups excluding carboxylic acids is 1. The van der Waals surface area contributed by atoms with Crippen LogP contribution in [0.25, 0.3) is 0 Å². The first-order chi connectivity index (χ1) is 21.2. The van der Waals surface area contributed by atoms with Gasteiger partial charge in [0.15, 0.2) is 0 Å². The number of aliphatic hydroxyl groups is 4. The molecule has 13 heteroatoms. The minimum absolute atomic E-state index is 0.0123. The Hall–Kier alpha value is -2.94. The molecule has 44 heavy (non-hydrogen) atoms. The molecule has 5 atom stereocenters. The lowest BCUT2D eigenvalue weighted by Gasteiger charge is -2.39. The van der Waals surface area contributed by atoms with Crippen molar-refractivity contribution >= 4 is 5.91 Å². The molecular formula is C31H47N3O10. The van der Waals surface area contributed by atoms with E-state index in [2.05, 4.69) is 10.2 Å². The van der Waals surface area contributed by atoms with E-state index in [1.165, 1.54) is 0 Å². The molecule has 0 bridgehead atoms. The number of aromatic amines is 1. The van der Waals surface area contributed by atoms with Crippen molar-refractivity contribution in [1.82, 2.24) is 10.2 Å². The molecule has 2 aliphatic heterocycles. The number of nitrogens with one attached hydrogen (secondary N) is 1. The summed E-state index contributed by atoms with van der Waals surface area (Å²) >= 11 is 0. The van der Waals surface area contributed by atoms with Gasteiger partial charge in [0, 0.05) is 43.0 Å². The van der Waals surface area contributed by atoms with Gasteiger partial charge in [-0.3, -0.25) is 9.89 Å². The van der Waals surface area contributed by atoms with Gasteiger partial charge in [0.25, 0.3) is 0 Å². The summed E-state index contributed by atoms with van der Waals surface area (Å²) in [5, 5.41) is 47.9. The molecule has 2 saturated heterocycles. The number of ether oxygens (including phenoxy) is 5. The van der Waals surface area contributed by atoms with Crippen LogP contribution < -0.4 is 19.9 Å². The second-order valence-electron chi connectivity index (χ2n) is 11.7. The highest BCUT2D eigenvalue weighted by Crippen LogP contribution is 2.35. The van der Waals surface area contributed by atoms with Crippen molar-refractivity contribution in [2.75, 3.05) is 26.4 Å². The van der Waals surface area contributed by atoms with E-state index >= 15 is 0 Å². The molecule has 3 heterocycles. The van der Waals surface area contributed by atoms with Crippen LogP contribution in [-0.2, 0) is 20.7 Å². The molecule has 1 aromatic carbocycles. The fourth-order valence-electron chi connectivity index (χ4n) is 5.37. The van der Waals surface area contributed by atoms with Crippen LogP contribution in [0.3, 0.4) is 0 Å². The molecule has 0 radical (unpaired) electrons. The van der Waals surface area contributed by atoms with Gasteiger partial charge in [-0.15, -0.1) is 5.10 Å². The van der Waals surface area contributed by atoms with Gasteiger partial charge in [0.05, 0.1) is 26.4 Å². The van der Waals surface area contributed by atoms with Crippen LogP contribution in [0.4, 0.5) is 0 Å². The number of amides is 1. The zero-order valence-corrected chi connectivity index (χ0v) is 25.5. The van der Waals surface area contributed by atoms with Crippen LogP contribution in [-0.4, -0.2) is 99.8 Å². The van der Waals surface area contributed by atoms with Gasteiger partial charge in [0.2, 0.25) is 18.1 Å². The number of primary amides is 1. The first-order valence-corrected chi connectivity index (χ1v) is 15.5. The summed E-state index contributed by atoms with van der Waals surface area (Å²) in [6.45, 7) is 5.25. The minimum Gasteiger partial charge on any atom is -0.493 e. The molecule has 1 amide bonds. The summed E-state index contributed by atoms with van der Waals surface area (Å²) in [6.07, 6.45) is -1.31. The predicted octanol–water partition coefficient (Wildman–Crippen LogP) is 1.68. The lowest BCUT2D eigenvalue weighted by molar-refractivity contribution is -0.278. The molecule has 0 aliphatic carbocycles. The number of rotatable bonds is 16. The van der Waals surface area contributed by atoms with Crippen LogP contribution in [0, 0.1) is 0 Å². The third-order valence-corrected chi connectivity index (χ3v) is 7.97. The molecule has 0 spiro atoms. The first-order valence-electron chi connectivity index (χ1n) is 15.5. The number of carbonyl (C=O) groups is 1. The van der Waals surface area contributed by atoms with Crippen molar-refractivity contribution in [3.63, 3.8) is 0 Å². The number of hydrogen-bond acceptors (Lipinski definition) is 11. The van der Waals surface area contributed by atoms with Gasteiger partial charge in [-0.05, 0) is 30.4 Å². The lowest BCUT2D eigenvalue weighted by Crippen LogP contribution is -2.60. The summed E-state index contributed by atoms with van der Waals surface area (Å²) < 4.78 is 29.6. The van der Waals surface area contributed by atoms with Crippen molar-refractivity contribution in [3.8, 4) is 17.4 Å². The zero-order chi connectivity index (χ0) is 31.6. The van der Waals surface area contributed by atoms with Gasteiger partial charge in [-0.25, -0.2) is 0 Å². The molecule has 2 fully saturated rings. The normalized spacial score (nSPS) is 24.4. The number of nitrogens with zero attached hydrogens (tertiary/aromatic N) is 1. The molecule has 0 unspecified atom stereocenters. The summed E-state index contributed by atoms with van der Waals surface area (Å²) in [6, 6.07) is 5.74. The third-order valence-electron chi connectivity index (χ3n) is 7.97. The highest BCUT2D eigenvalue weighted by molar-refractivity contribution is 5.73. The van der Waals surface area contributed by atoms with E-state index in [9.17, 15) is 25.2 Å². The largest absolute Gasteiger partial charge is 0.493 e. The number of aromatic nitrogens is 2. The smallest absolute Gasteiger partial charge is 0.238 e. The number of benzene rings is 1. The fourth-order valence-corrected chi connectivity index (χ4v) is 5.37. The number of H-pyrrole nitrogens is 1. The molecule has 2 aliphatic rings. The van der Waals surface area contributed by atoms with Crippen molar-refractivity contribution in [3.05, 3.63) is 35.0 Å². The Morgan fingerprint density at radius 1 is 1.07 bits per heavy atom. The summed E-state index contributed by atoms with van der Waals surface area (Å²) in [5.74, 6) is 1.30. The average molecular weight is 622 g/mol. The SMILES string of the molecule is CC(C)c1[nH]nc(O[C@@H]2O[C@H](CO)[C@@H](O)[C@H](O)[C@H]2O)c1Cc1ccc(OCCCCCCC(N)=O)cc1OC1CCOCC1. The second-order valence-corrected chi connectivity index (χ2v) is 11.7. The Morgan fingerprint density at radius 2 is 1.82 bits per heavy atom. The van der Waals surface area contributed by atoms with Crippen molar-refractivity contribution in [2.24, 2.45) is 5.73 Å². The summed E-state index contributed by atoms with van der Waals surface area (Å²) in [4.78, 5) is 10.9. The highest BCUT2D eigenvalue weighted by Gasteiger charge is 2.45. The molecular weight excluding hydrogens is 574 g/mol. The van der Waals surface area contributed by atoms with Crippen LogP contribution in [0.15, 0.2) is 18.2 Å². The van der Waals surface area contributed by atoms with E-state index in [4.69, 9.17) is 29.4 Å². The number of unbranched alkanes of at least 4 members (excludes halogenated alkanes) is 3. The van der Waals surface area contributed by atoms with Crippen LogP contribution in [0.2, 0.25) is 0 Å². The standard InChI is InChI=1S/C31H47N3O10/c1-18(2)26-22(30(34-33-26)44-31-29(39)28(38)27(37)24(17-35)43-31)15-19-8-9-21(41-12-6-4-3-5-7-25(32)36)16-23(19)42-20-10-13-40-14-11-20/h8-9,16,18,20,24,27-29,31,35,37-39H,3-7,10-15,17H2,1-2H3,(H2,32,36)(H,33,34)/t24-,27-,28+,29-,31+/m1/s1. The maximum absolute atomic E-state index is 10.9. The molecule has 1 aromatic heterocycles. The number of hydrogen-bond donors (Lipinski definition) is 6. The quantitative estimate of drug-likeness (QED) is 0.149. The number of nitrogens with two attached hydrogens (primary N) is 1. The van der Waals surface area contributed by atoms with Crippen LogP contribution >= 0.6 is 0 Å². The topological polar surface area (TPSA) is 199 Å². The van der Waals surface area contributed by atoms with E-state index in [1.807, 2.05) is 32.0 Å². The van der Waals surface area contributed by atoms with Crippen molar-refractivity contribution < 1.29 is 48.9 Å². The minimum atomic E-state index is -1.57. The van der Waals surface area contributed by atoms with E-state index in [0.717, 1.165) is 55.3 Å². The second kappa shape index (κ2) is 16.4. The fraction of sp³-hybridized carbons (Fsp3) is 0.677. The van der Waals surface area contributed by atoms with Gasteiger partial charge in [-0.1, -0.05) is 32.8 Å². The predicted molar refractivity (Wildman–Crippen MR) is 159 cm³/mol. The zero-order valence-electron chi connectivity index (χ0n) is 25.5. The molecule has 2 aromatic rings.